The summed E-state index contributed by atoms with van der Waals surface area (Å²) in [6, 6.07) is 2.47. The van der Waals surface area contributed by atoms with Gasteiger partial charge in [-0.1, -0.05) is 0 Å². The third kappa shape index (κ3) is 2.61. The minimum absolute atomic E-state index is 0.0317. The number of aryl methyl sites for hydroxylation is 1. The highest BCUT2D eigenvalue weighted by atomic mass is 19.2. The maximum atomic E-state index is 13.8. The molecule has 0 unspecified atom stereocenters. The van der Waals surface area contributed by atoms with Crippen molar-refractivity contribution < 1.29 is 18.3 Å². The maximum Gasteiger partial charge on any atom is 0.340 e. The van der Waals surface area contributed by atoms with Crippen LogP contribution in [0.25, 0.3) is 0 Å². The molecule has 0 bridgehead atoms. The molecule has 0 atom stereocenters. The number of benzene rings is 1. The van der Waals surface area contributed by atoms with E-state index in [-0.39, 0.29) is 12.2 Å². The van der Waals surface area contributed by atoms with Crippen LogP contribution in [0, 0.1) is 18.6 Å². The Morgan fingerprint density at radius 3 is 2.75 bits per heavy atom. The third-order valence-electron chi connectivity index (χ3n) is 2.89. The third-order valence-corrected chi connectivity index (χ3v) is 2.89. The average Bonchev–Trinajstić information content (AvgIpc) is 2.85. The molecule has 0 saturated carbocycles. The molecule has 0 aliphatic rings. The minimum atomic E-state index is -1.23. The Morgan fingerprint density at radius 1 is 1.40 bits per heavy atom. The normalized spacial score (nSPS) is 10.4. The van der Waals surface area contributed by atoms with Crippen molar-refractivity contribution in [2.45, 2.75) is 13.5 Å². The number of hydrogen-bond acceptors (Lipinski definition) is 4. The Kier molecular flexibility index (Phi) is 3.97. The van der Waals surface area contributed by atoms with Crippen molar-refractivity contribution in [2.24, 2.45) is 0 Å². The molecule has 5 nitrogen and oxygen atoms in total. The lowest BCUT2D eigenvalue weighted by molar-refractivity contribution is 0.0594. The molecule has 2 N–H and O–H groups in total. The number of aromatic nitrogens is 2. The Hall–Kier alpha value is -2.44. The fourth-order valence-electron chi connectivity index (χ4n) is 1.70. The van der Waals surface area contributed by atoms with Gasteiger partial charge in [-0.3, -0.25) is 5.10 Å². The standard InChI is InChI=1S/C13H13F2N3O2/c1-7-8(6-17-18-7)5-16-10-4-3-9(13(19)20-2)11(14)12(10)15/h3-4,6,16H,5H2,1-2H3,(H,17,18). The van der Waals surface area contributed by atoms with Gasteiger partial charge >= 0.3 is 5.97 Å². The zero-order valence-corrected chi connectivity index (χ0v) is 11.0. The molecule has 0 aliphatic carbocycles. The van der Waals surface area contributed by atoms with Crippen molar-refractivity contribution in [3.8, 4) is 0 Å². The van der Waals surface area contributed by atoms with E-state index >= 15 is 0 Å². The summed E-state index contributed by atoms with van der Waals surface area (Å²) in [6.45, 7) is 2.11. The summed E-state index contributed by atoms with van der Waals surface area (Å²) >= 11 is 0. The van der Waals surface area contributed by atoms with Crippen molar-refractivity contribution in [1.29, 1.82) is 0 Å². The fourth-order valence-corrected chi connectivity index (χ4v) is 1.70. The molecule has 0 fully saturated rings. The van der Waals surface area contributed by atoms with E-state index in [1.165, 1.54) is 12.1 Å². The molecular weight excluding hydrogens is 268 g/mol. The lowest BCUT2D eigenvalue weighted by atomic mass is 10.1. The van der Waals surface area contributed by atoms with Gasteiger partial charge in [0, 0.05) is 17.8 Å². The molecule has 1 aromatic carbocycles. The number of nitrogens with zero attached hydrogens (tertiary/aromatic N) is 1. The van der Waals surface area contributed by atoms with Gasteiger partial charge in [-0.05, 0) is 19.1 Å². The highest BCUT2D eigenvalue weighted by Crippen LogP contribution is 2.22. The fraction of sp³-hybridized carbons (Fsp3) is 0.231. The second kappa shape index (κ2) is 5.68. The SMILES string of the molecule is COC(=O)c1ccc(NCc2cn[nH]c2C)c(F)c1F. The molecule has 0 saturated heterocycles. The van der Waals surface area contributed by atoms with E-state index in [9.17, 15) is 13.6 Å². The quantitative estimate of drug-likeness (QED) is 0.844. The first-order valence-electron chi connectivity index (χ1n) is 5.83. The van der Waals surface area contributed by atoms with Gasteiger partial charge in [-0.15, -0.1) is 0 Å². The van der Waals surface area contributed by atoms with Crippen LogP contribution in [0.3, 0.4) is 0 Å². The van der Waals surface area contributed by atoms with E-state index in [4.69, 9.17) is 0 Å². The number of H-pyrrole nitrogens is 1. The van der Waals surface area contributed by atoms with E-state index in [0.717, 1.165) is 18.4 Å². The number of halogens is 2. The molecule has 0 spiro atoms. The van der Waals surface area contributed by atoms with Crippen molar-refractivity contribution >= 4 is 11.7 Å². The highest BCUT2D eigenvalue weighted by Gasteiger charge is 2.19. The summed E-state index contributed by atoms with van der Waals surface area (Å²) in [5.74, 6) is -3.27. The summed E-state index contributed by atoms with van der Waals surface area (Å²) < 4.78 is 31.9. The van der Waals surface area contributed by atoms with Crippen LogP contribution in [-0.4, -0.2) is 23.3 Å². The molecular formula is C13H13F2N3O2. The van der Waals surface area contributed by atoms with Gasteiger partial charge in [0.25, 0.3) is 0 Å². The summed E-state index contributed by atoms with van der Waals surface area (Å²) in [6.07, 6.45) is 1.60. The first-order chi connectivity index (χ1) is 9.54. The number of anilines is 1. The van der Waals surface area contributed by atoms with E-state index in [0.29, 0.717) is 0 Å². The number of rotatable bonds is 4. The van der Waals surface area contributed by atoms with Crippen LogP contribution in [0.2, 0.25) is 0 Å². The molecule has 2 aromatic rings. The molecule has 0 aliphatic heterocycles. The molecule has 20 heavy (non-hydrogen) atoms. The summed E-state index contributed by atoms with van der Waals surface area (Å²) in [5.41, 5.74) is 1.21. The number of hydrogen-bond donors (Lipinski definition) is 2. The first-order valence-corrected chi connectivity index (χ1v) is 5.83. The topological polar surface area (TPSA) is 67.0 Å². The average molecular weight is 281 g/mol. The summed E-state index contributed by atoms with van der Waals surface area (Å²) in [5, 5.41) is 9.33. The zero-order valence-electron chi connectivity index (χ0n) is 11.0. The summed E-state index contributed by atoms with van der Waals surface area (Å²) in [7, 11) is 1.10. The van der Waals surface area contributed by atoms with Gasteiger partial charge in [0.05, 0.1) is 24.6 Å². The number of carbonyl (C=O) groups excluding carboxylic acids is 1. The lowest BCUT2D eigenvalue weighted by Crippen LogP contribution is -2.09. The Balaban J connectivity index is 2.19. The Morgan fingerprint density at radius 2 is 2.15 bits per heavy atom. The van der Waals surface area contributed by atoms with Crippen molar-refractivity contribution in [2.75, 3.05) is 12.4 Å². The monoisotopic (exact) mass is 281 g/mol. The van der Waals surface area contributed by atoms with Crippen LogP contribution in [0.5, 0.6) is 0 Å². The zero-order chi connectivity index (χ0) is 14.7. The minimum Gasteiger partial charge on any atom is -0.465 e. The number of nitrogens with one attached hydrogen (secondary N) is 2. The van der Waals surface area contributed by atoms with Gasteiger partial charge in [0.1, 0.15) is 0 Å². The predicted molar refractivity (Wildman–Crippen MR) is 68.3 cm³/mol. The van der Waals surface area contributed by atoms with E-state index in [2.05, 4.69) is 20.3 Å². The number of carbonyl (C=O) groups is 1. The van der Waals surface area contributed by atoms with Gasteiger partial charge in [-0.2, -0.15) is 5.10 Å². The Bertz CT molecular complexity index is 641. The smallest absolute Gasteiger partial charge is 0.340 e. The first kappa shape index (κ1) is 14.0. The number of aromatic amines is 1. The van der Waals surface area contributed by atoms with Crippen LogP contribution >= 0.6 is 0 Å². The predicted octanol–water partition coefficient (Wildman–Crippen LogP) is 2.40. The summed E-state index contributed by atoms with van der Waals surface area (Å²) in [4.78, 5) is 11.2. The van der Waals surface area contributed by atoms with Crippen LogP contribution in [-0.2, 0) is 11.3 Å². The molecule has 1 heterocycles. The van der Waals surface area contributed by atoms with Crippen molar-refractivity contribution in [1.82, 2.24) is 10.2 Å². The Labute approximate surface area is 114 Å². The highest BCUT2D eigenvalue weighted by molar-refractivity contribution is 5.90. The molecule has 7 heteroatoms. The van der Waals surface area contributed by atoms with E-state index in [1.54, 1.807) is 6.20 Å². The largest absolute Gasteiger partial charge is 0.465 e. The number of esters is 1. The molecule has 2 rings (SSSR count). The van der Waals surface area contributed by atoms with Gasteiger partial charge in [0.2, 0.25) is 0 Å². The second-order valence-electron chi connectivity index (χ2n) is 4.15. The molecule has 1 aromatic heterocycles. The van der Waals surface area contributed by atoms with Crippen molar-refractivity contribution in [3.05, 3.63) is 46.8 Å². The lowest BCUT2D eigenvalue weighted by Gasteiger charge is -2.09. The van der Waals surface area contributed by atoms with Crippen LogP contribution < -0.4 is 5.32 Å². The van der Waals surface area contributed by atoms with Gasteiger partial charge in [-0.25, -0.2) is 13.6 Å². The second-order valence-corrected chi connectivity index (χ2v) is 4.15. The molecule has 0 radical (unpaired) electrons. The number of methoxy groups -OCH3 is 1. The van der Waals surface area contributed by atoms with Crippen molar-refractivity contribution in [3.63, 3.8) is 0 Å². The number of ether oxygens (including phenoxy) is 1. The van der Waals surface area contributed by atoms with Crippen LogP contribution in [0.1, 0.15) is 21.6 Å². The van der Waals surface area contributed by atoms with Crippen LogP contribution in [0.4, 0.5) is 14.5 Å². The molecule has 0 amide bonds. The maximum absolute atomic E-state index is 13.8. The van der Waals surface area contributed by atoms with E-state index < -0.39 is 23.2 Å². The molecule has 106 valence electrons. The van der Waals surface area contributed by atoms with E-state index in [1.807, 2.05) is 6.92 Å². The van der Waals surface area contributed by atoms with Gasteiger partial charge < -0.3 is 10.1 Å². The van der Waals surface area contributed by atoms with Gasteiger partial charge in [0.15, 0.2) is 11.6 Å². The van der Waals surface area contributed by atoms with Crippen LogP contribution in [0.15, 0.2) is 18.3 Å².